The molecule has 7 nitrogen and oxygen atoms in total. The van der Waals surface area contributed by atoms with Crippen LogP contribution in [0, 0.1) is 10.1 Å². The van der Waals surface area contributed by atoms with Crippen LogP contribution < -0.4 is 4.90 Å². The number of halogens is 1. The van der Waals surface area contributed by atoms with Gasteiger partial charge in [-0.05, 0) is 19.3 Å². The number of nitro groups is 1. The normalized spacial score (nSPS) is 19.2. The van der Waals surface area contributed by atoms with E-state index in [0.29, 0.717) is 18.8 Å². The van der Waals surface area contributed by atoms with Gasteiger partial charge in [-0.15, -0.1) is 0 Å². The molecule has 0 saturated carbocycles. The van der Waals surface area contributed by atoms with Crippen molar-refractivity contribution in [3.8, 4) is 0 Å². The van der Waals surface area contributed by atoms with Gasteiger partial charge in [-0.1, -0.05) is 11.6 Å². The minimum absolute atomic E-state index is 0.0994. The molecule has 0 amide bonds. The lowest BCUT2D eigenvalue weighted by Crippen LogP contribution is -2.45. The molecular weight excluding hydrogens is 274 g/mol. The van der Waals surface area contributed by atoms with Crippen molar-refractivity contribution in [2.45, 2.75) is 25.3 Å². The van der Waals surface area contributed by atoms with Crippen molar-refractivity contribution in [3.05, 3.63) is 27.4 Å². The summed E-state index contributed by atoms with van der Waals surface area (Å²) >= 11 is 5.98. The summed E-state index contributed by atoms with van der Waals surface area (Å²) in [6.07, 6.45) is 3.29. The third-order valence-corrected chi connectivity index (χ3v) is 3.36. The van der Waals surface area contributed by atoms with Crippen LogP contribution in [0.4, 0.5) is 11.5 Å². The molecule has 1 fully saturated rings. The summed E-state index contributed by atoms with van der Waals surface area (Å²) in [6, 6.07) is 0.512. The Morgan fingerprint density at radius 2 is 2.32 bits per heavy atom. The van der Waals surface area contributed by atoms with Gasteiger partial charge in [0.2, 0.25) is 0 Å². The number of aliphatic carboxylic acids is 1. The van der Waals surface area contributed by atoms with Crippen LogP contribution in [0.2, 0.25) is 5.02 Å². The quantitative estimate of drug-likeness (QED) is 0.674. The van der Waals surface area contributed by atoms with Crippen LogP contribution in [0.1, 0.15) is 19.3 Å². The van der Waals surface area contributed by atoms with Gasteiger partial charge in [-0.3, -0.25) is 10.1 Å². The second kappa shape index (κ2) is 5.40. The average Bonchev–Trinajstić information content (AvgIpc) is 2.38. The lowest BCUT2D eigenvalue weighted by atomic mass is 10.0. The molecule has 0 bridgehead atoms. The molecule has 0 aromatic carbocycles. The van der Waals surface area contributed by atoms with Crippen LogP contribution in [0.15, 0.2) is 12.3 Å². The Hall–Kier alpha value is -1.89. The second-order valence-corrected chi connectivity index (χ2v) is 4.71. The van der Waals surface area contributed by atoms with Crippen molar-refractivity contribution in [3.63, 3.8) is 0 Å². The van der Waals surface area contributed by atoms with Crippen LogP contribution >= 0.6 is 11.6 Å². The highest BCUT2D eigenvalue weighted by Crippen LogP contribution is 2.31. The van der Waals surface area contributed by atoms with E-state index in [2.05, 4.69) is 4.98 Å². The standard InChI is InChI=1S/C11H12ClN3O4/c12-8-5-7(15(18)19)6-13-10(8)14-4-2-1-3-9(14)11(16)17/h5-6,9H,1-4H2,(H,16,17). The molecule has 1 aromatic rings. The zero-order chi connectivity index (χ0) is 14.0. The minimum Gasteiger partial charge on any atom is -0.480 e. The van der Waals surface area contributed by atoms with Crippen molar-refractivity contribution in [2.75, 3.05) is 11.4 Å². The maximum absolute atomic E-state index is 11.2. The molecule has 1 aliphatic rings. The van der Waals surface area contributed by atoms with Crippen molar-refractivity contribution in [1.29, 1.82) is 0 Å². The Kier molecular flexibility index (Phi) is 3.84. The number of aromatic nitrogens is 1. The first-order valence-electron chi connectivity index (χ1n) is 5.80. The molecule has 2 heterocycles. The van der Waals surface area contributed by atoms with Gasteiger partial charge in [0.1, 0.15) is 18.1 Å². The highest BCUT2D eigenvalue weighted by Gasteiger charge is 2.31. The first-order chi connectivity index (χ1) is 9.00. The van der Waals surface area contributed by atoms with E-state index in [0.717, 1.165) is 19.0 Å². The highest BCUT2D eigenvalue weighted by molar-refractivity contribution is 6.33. The Labute approximate surface area is 114 Å². The number of nitrogens with zero attached hydrogens (tertiary/aromatic N) is 3. The van der Waals surface area contributed by atoms with Crippen molar-refractivity contribution < 1.29 is 14.8 Å². The molecule has 1 atom stereocenters. The fourth-order valence-corrected chi connectivity index (χ4v) is 2.44. The summed E-state index contributed by atoms with van der Waals surface area (Å²) in [4.78, 5) is 26.8. The Balaban J connectivity index is 2.34. The summed E-state index contributed by atoms with van der Waals surface area (Å²) in [5, 5.41) is 19.9. The van der Waals surface area contributed by atoms with Crippen molar-refractivity contribution >= 4 is 29.1 Å². The maximum Gasteiger partial charge on any atom is 0.326 e. The SMILES string of the molecule is O=C(O)C1CCCCN1c1ncc([N+](=O)[O-])cc1Cl. The number of pyridine rings is 1. The molecule has 1 aromatic heterocycles. The van der Waals surface area contributed by atoms with E-state index in [4.69, 9.17) is 11.6 Å². The Bertz CT molecular complexity index is 523. The molecular formula is C11H12ClN3O4. The predicted octanol–water partition coefficient (Wildman–Crippen LogP) is 2.09. The van der Waals surface area contributed by atoms with E-state index < -0.39 is 16.9 Å². The van der Waals surface area contributed by atoms with Gasteiger partial charge in [-0.2, -0.15) is 0 Å². The molecule has 0 spiro atoms. The van der Waals surface area contributed by atoms with Crippen LogP contribution in [-0.4, -0.2) is 33.6 Å². The molecule has 1 aliphatic heterocycles. The molecule has 8 heteroatoms. The van der Waals surface area contributed by atoms with Crippen LogP contribution in [0.3, 0.4) is 0 Å². The second-order valence-electron chi connectivity index (χ2n) is 4.30. The van der Waals surface area contributed by atoms with Crippen molar-refractivity contribution in [1.82, 2.24) is 4.98 Å². The fraction of sp³-hybridized carbons (Fsp3) is 0.455. The van der Waals surface area contributed by atoms with E-state index >= 15 is 0 Å². The third kappa shape index (κ3) is 2.76. The summed E-state index contributed by atoms with van der Waals surface area (Å²) < 4.78 is 0. The van der Waals surface area contributed by atoms with Gasteiger partial charge < -0.3 is 10.0 Å². The predicted molar refractivity (Wildman–Crippen MR) is 68.5 cm³/mol. The number of anilines is 1. The first-order valence-corrected chi connectivity index (χ1v) is 6.18. The summed E-state index contributed by atoms with van der Waals surface area (Å²) in [5.74, 6) is -0.643. The largest absolute Gasteiger partial charge is 0.480 e. The third-order valence-electron chi connectivity index (χ3n) is 3.08. The lowest BCUT2D eigenvalue weighted by molar-refractivity contribution is -0.385. The topological polar surface area (TPSA) is 96.6 Å². The van der Waals surface area contributed by atoms with Gasteiger partial charge in [0.25, 0.3) is 5.69 Å². The Morgan fingerprint density at radius 1 is 1.58 bits per heavy atom. The zero-order valence-corrected chi connectivity index (χ0v) is 10.7. The molecule has 1 saturated heterocycles. The first kappa shape index (κ1) is 13.5. The Morgan fingerprint density at radius 3 is 2.89 bits per heavy atom. The average molecular weight is 286 g/mol. The van der Waals surface area contributed by atoms with Crippen molar-refractivity contribution in [2.24, 2.45) is 0 Å². The van der Waals surface area contributed by atoms with Crippen LogP contribution in [0.25, 0.3) is 0 Å². The molecule has 0 radical (unpaired) electrons. The highest BCUT2D eigenvalue weighted by atomic mass is 35.5. The minimum atomic E-state index is -0.934. The lowest BCUT2D eigenvalue weighted by Gasteiger charge is -2.34. The maximum atomic E-state index is 11.2. The van der Waals surface area contributed by atoms with Crippen LogP contribution in [-0.2, 0) is 4.79 Å². The molecule has 0 aliphatic carbocycles. The van der Waals surface area contributed by atoms with Gasteiger partial charge in [0, 0.05) is 12.6 Å². The number of hydrogen-bond donors (Lipinski definition) is 1. The van der Waals surface area contributed by atoms with Gasteiger partial charge >= 0.3 is 5.97 Å². The summed E-state index contributed by atoms with van der Waals surface area (Å²) in [7, 11) is 0. The molecule has 2 rings (SSSR count). The van der Waals surface area contributed by atoms with E-state index in [1.54, 1.807) is 4.90 Å². The van der Waals surface area contributed by atoms with Crippen LogP contribution in [0.5, 0.6) is 0 Å². The van der Waals surface area contributed by atoms with Gasteiger partial charge in [-0.25, -0.2) is 9.78 Å². The zero-order valence-electron chi connectivity index (χ0n) is 9.95. The number of piperidine rings is 1. The van der Waals surface area contributed by atoms with Gasteiger partial charge in [0.05, 0.1) is 9.95 Å². The van der Waals surface area contributed by atoms with E-state index in [1.807, 2.05) is 0 Å². The molecule has 19 heavy (non-hydrogen) atoms. The fourth-order valence-electron chi connectivity index (χ4n) is 2.17. The number of hydrogen-bond acceptors (Lipinski definition) is 5. The molecule has 1 N–H and O–H groups in total. The number of carboxylic acids is 1. The van der Waals surface area contributed by atoms with E-state index in [-0.39, 0.29) is 10.7 Å². The number of carboxylic acid groups (broad SMARTS) is 1. The summed E-state index contributed by atoms with van der Waals surface area (Å²) in [5.41, 5.74) is -0.211. The molecule has 1 unspecified atom stereocenters. The van der Waals surface area contributed by atoms with E-state index in [9.17, 15) is 20.0 Å². The molecule has 102 valence electrons. The number of carbonyl (C=O) groups is 1. The van der Waals surface area contributed by atoms with Gasteiger partial charge in [0.15, 0.2) is 0 Å². The smallest absolute Gasteiger partial charge is 0.326 e. The monoisotopic (exact) mass is 285 g/mol. The summed E-state index contributed by atoms with van der Waals surface area (Å²) in [6.45, 7) is 0.529. The van der Waals surface area contributed by atoms with E-state index in [1.165, 1.54) is 6.07 Å². The number of rotatable bonds is 3.